The number of carbonyl (C=O) groups is 2. The van der Waals surface area contributed by atoms with Crippen LogP contribution in [-0.2, 0) is 20.7 Å². The van der Waals surface area contributed by atoms with Gasteiger partial charge in [0.2, 0.25) is 0 Å². The lowest BCUT2D eigenvalue weighted by Crippen LogP contribution is -2.29. The Kier molecular flexibility index (Phi) is 6.70. The number of carboxylic acid groups (broad SMARTS) is 1. The van der Waals surface area contributed by atoms with Crippen molar-refractivity contribution >= 4 is 11.9 Å². The molecule has 0 aliphatic rings. The maximum atomic E-state index is 12.6. The molecule has 0 bridgehead atoms. The van der Waals surface area contributed by atoms with Crippen LogP contribution in [0.4, 0.5) is 0 Å². The Bertz CT molecular complexity index is 961. The first kappa shape index (κ1) is 20.9. The maximum absolute atomic E-state index is 12.6. The minimum absolute atomic E-state index is 0.0251. The van der Waals surface area contributed by atoms with Gasteiger partial charge in [0.15, 0.2) is 5.92 Å². The van der Waals surface area contributed by atoms with Crippen LogP contribution in [0, 0.1) is 5.92 Å². The van der Waals surface area contributed by atoms with Crippen molar-refractivity contribution in [1.29, 1.82) is 0 Å². The second kappa shape index (κ2) is 9.60. The molecular weight excluding hydrogens is 384 g/mol. The molecule has 0 saturated carbocycles. The molecular formula is C24H22O6. The number of rotatable bonds is 8. The summed E-state index contributed by atoms with van der Waals surface area (Å²) < 4.78 is 5.41. The van der Waals surface area contributed by atoms with Gasteiger partial charge in [-0.05, 0) is 34.9 Å². The summed E-state index contributed by atoms with van der Waals surface area (Å²) in [6.45, 7) is -0.0251. The second-order valence-electron chi connectivity index (χ2n) is 6.91. The fourth-order valence-corrected chi connectivity index (χ4v) is 3.25. The highest BCUT2D eigenvalue weighted by Gasteiger charge is 2.30. The monoisotopic (exact) mass is 406 g/mol. The molecule has 30 heavy (non-hydrogen) atoms. The molecule has 1 atom stereocenters. The van der Waals surface area contributed by atoms with Gasteiger partial charge in [-0.15, -0.1) is 0 Å². The molecule has 0 fully saturated rings. The van der Waals surface area contributed by atoms with Crippen LogP contribution < -0.4 is 0 Å². The van der Waals surface area contributed by atoms with Gasteiger partial charge in [0.25, 0.3) is 0 Å². The molecule has 0 heterocycles. The molecule has 0 radical (unpaired) electrons. The average Bonchev–Trinajstić information content (AvgIpc) is 2.75. The van der Waals surface area contributed by atoms with E-state index in [9.17, 15) is 24.9 Å². The third kappa shape index (κ3) is 5.17. The molecule has 3 rings (SSSR count). The first-order chi connectivity index (χ1) is 14.5. The normalized spacial score (nSPS) is 11.8. The van der Waals surface area contributed by atoms with Gasteiger partial charge in [0.05, 0.1) is 0 Å². The predicted molar refractivity (Wildman–Crippen MR) is 110 cm³/mol. The number of ether oxygens (including phenoxy) is 1. The zero-order valence-electron chi connectivity index (χ0n) is 16.1. The van der Waals surface area contributed by atoms with Crippen LogP contribution in [0.5, 0.6) is 11.5 Å². The van der Waals surface area contributed by atoms with Crippen molar-refractivity contribution in [2.24, 2.45) is 5.92 Å². The van der Waals surface area contributed by atoms with Crippen molar-refractivity contribution in [2.45, 2.75) is 12.3 Å². The molecule has 154 valence electrons. The lowest BCUT2D eigenvalue weighted by atomic mass is 9.92. The Hall–Kier alpha value is -3.80. The van der Waals surface area contributed by atoms with Gasteiger partial charge in [0.1, 0.15) is 18.1 Å². The van der Waals surface area contributed by atoms with Crippen molar-refractivity contribution in [3.8, 4) is 11.5 Å². The van der Waals surface area contributed by atoms with Crippen LogP contribution in [0.3, 0.4) is 0 Å². The highest BCUT2D eigenvalue weighted by Crippen LogP contribution is 2.27. The van der Waals surface area contributed by atoms with Crippen LogP contribution in [0.1, 0.15) is 22.6 Å². The summed E-state index contributed by atoms with van der Waals surface area (Å²) in [4.78, 5) is 24.3. The van der Waals surface area contributed by atoms with E-state index in [4.69, 9.17) is 4.74 Å². The zero-order chi connectivity index (χ0) is 21.5. The van der Waals surface area contributed by atoms with Gasteiger partial charge in [-0.1, -0.05) is 60.7 Å². The SMILES string of the molecule is O=C(O)C(Cc1cc(O)ccc1O)C(=O)OCC(c1ccccc1)c1ccccc1. The van der Waals surface area contributed by atoms with Crippen molar-refractivity contribution in [2.75, 3.05) is 6.61 Å². The molecule has 3 N–H and O–H groups in total. The molecule has 6 heteroatoms. The van der Waals surface area contributed by atoms with Crippen molar-refractivity contribution in [1.82, 2.24) is 0 Å². The summed E-state index contributed by atoms with van der Waals surface area (Å²) in [5.74, 6) is -4.35. The summed E-state index contributed by atoms with van der Waals surface area (Å²) in [5, 5.41) is 29.0. The van der Waals surface area contributed by atoms with E-state index in [-0.39, 0.29) is 36.0 Å². The number of phenols is 2. The molecule has 6 nitrogen and oxygen atoms in total. The summed E-state index contributed by atoms with van der Waals surface area (Å²) in [7, 11) is 0. The van der Waals surface area contributed by atoms with E-state index in [2.05, 4.69) is 0 Å². The number of hydrogen-bond donors (Lipinski definition) is 3. The molecule has 3 aromatic rings. The first-order valence-electron chi connectivity index (χ1n) is 9.46. The predicted octanol–water partition coefficient (Wildman–Crippen LogP) is 3.72. The van der Waals surface area contributed by atoms with Crippen molar-refractivity contribution < 1.29 is 29.6 Å². The Labute approximate surface area is 174 Å². The van der Waals surface area contributed by atoms with E-state index in [1.54, 1.807) is 0 Å². The summed E-state index contributed by atoms with van der Waals surface area (Å²) >= 11 is 0. The number of aromatic hydroxyl groups is 2. The molecule has 0 spiro atoms. The maximum Gasteiger partial charge on any atom is 0.320 e. The number of aliphatic carboxylic acids is 1. The number of benzene rings is 3. The minimum atomic E-state index is -1.51. The largest absolute Gasteiger partial charge is 0.508 e. The molecule has 0 saturated heterocycles. The van der Waals surface area contributed by atoms with E-state index in [1.165, 1.54) is 18.2 Å². The van der Waals surface area contributed by atoms with Gasteiger partial charge in [0, 0.05) is 12.3 Å². The lowest BCUT2D eigenvalue weighted by Gasteiger charge is -2.20. The van der Waals surface area contributed by atoms with E-state index in [1.807, 2.05) is 60.7 Å². The molecule has 0 aromatic heterocycles. The fourth-order valence-electron chi connectivity index (χ4n) is 3.25. The Balaban J connectivity index is 1.77. The van der Waals surface area contributed by atoms with Gasteiger partial charge in [-0.25, -0.2) is 0 Å². The Morgan fingerprint density at radius 3 is 1.93 bits per heavy atom. The Morgan fingerprint density at radius 2 is 1.40 bits per heavy atom. The van der Waals surface area contributed by atoms with Crippen LogP contribution >= 0.6 is 0 Å². The van der Waals surface area contributed by atoms with E-state index in [0.29, 0.717) is 0 Å². The van der Waals surface area contributed by atoms with Gasteiger partial charge >= 0.3 is 11.9 Å². The molecule has 0 aliphatic heterocycles. The summed E-state index contributed by atoms with van der Waals surface area (Å²) in [6, 6.07) is 22.8. The molecule has 0 amide bonds. The summed E-state index contributed by atoms with van der Waals surface area (Å²) in [6.07, 6.45) is -0.296. The van der Waals surface area contributed by atoms with Gasteiger partial charge in [-0.2, -0.15) is 0 Å². The highest BCUT2D eigenvalue weighted by molar-refractivity contribution is 5.94. The van der Waals surface area contributed by atoms with Crippen molar-refractivity contribution in [3.63, 3.8) is 0 Å². The smallest absolute Gasteiger partial charge is 0.320 e. The Morgan fingerprint density at radius 1 is 0.833 bits per heavy atom. The fraction of sp³-hybridized carbons (Fsp3) is 0.167. The van der Waals surface area contributed by atoms with Crippen LogP contribution in [0.2, 0.25) is 0 Å². The topological polar surface area (TPSA) is 104 Å². The van der Waals surface area contributed by atoms with Gasteiger partial charge in [-0.3, -0.25) is 9.59 Å². The molecule has 1 unspecified atom stereocenters. The third-order valence-electron chi connectivity index (χ3n) is 4.87. The molecule has 0 aliphatic carbocycles. The van der Waals surface area contributed by atoms with Crippen LogP contribution in [0.25, 0.3) is 0 Å². The quantitative estimate of drug-likeness (QED) is 0.299. The van der Waals surface area contributed by atoms with Crippen LogP contribution in [-0.4, -0.2) is 33.9 Å². The average molecular weight is 406 g/mol. The van der Waals surface area contributed by atoms with E-state index >= 15 is 0 Å². The second-order valence-corrected chi connectivity index (χ2v) is 6.91. The summed E-state index contributed by atoms with van der Waals surface area (Å²) in [5.41, 5.74) is 2.03. The number of phenolic OH excluding ortho intramolecular Hbond substituents is 2. The van der Waals surface area contributed by atoms with E-state index < -0.39 is 17.9 Å². The third-order valence-corrected chi connectivity index (χ3v) is 4.87. The minimum Gasteiger partial charge on any atom is -0.508 e. The van der Waals surface area contributed by atoms with Crippen LogP contribution in [0.15, 0.2) is 78.9 Å². The first-order valence-corrected chi connectivity index (χ1v) is 9.46. The number of carbonyl (C=O) groups excluding carboxylic acids is 1. The van der Waals surface area contributed by atoms with Crippen molar-refractivity contribution in [3.05, 3.63) is 95.6 Å². The standard InChI is InChI=1S/C24H22O6/c25-19-11-12-22(26)18(13-19)14-20(23(27)28)24(29)30-15-21(16-7-3-1-4-8-16)17-9-5-2-6-10-17/h1-13,20-21,25-26H,14-15H2,(H,27,28). The highest BCUT2D eigenvalue weighted by atomic mass is 16.5. The number of esters is 1. The lowest BCUT2D eigenvalue weighted by molar-refractivity contribution is -0.158. The number of carboxylic acids is 1. The molecule has 3 aromatic carbocycles. The zero-order valence-corrected chi connectivity index (χ0v) is 16.1. The van der Waals surface area contributed by atoms with E-state index in [0.717, 1.165) is 11.1 Å². The number of hydrogen-bond acceptors (Lipinski definition) is 5. The van der Waals surface area contributed by atoms with Gasteiger partial charge < -0.3 is 20.1 Å².